The summed E-state index contributed by atoms with van der Waals surface area (Å²) >= 11 is 0. The van der Waals surface area contributed by atoms with Gasteiger partial charge in [0.1, 0.15) is 5.84 Å². The summed E-state index contributed by atoms with van der Waals surface area (Å²) in [7, 11) is 1.91. The highest BCUT2D eigenvalue weighted by Gasteiger charge is 2.32. The molecule has 3 heterocycles. The molecule has 8 nitrogen and oxygen atoms in total. The number of hydrogen-bond acceptors (Lipinski definition) is 5. The maximum absolute atomic E-state index is 11.9. The zero-order valence-corrected chi connectivity index (χ0v) is 19.3. The van der Waals surface area contributed by atoms with Crippen LogP contribution in [0.4, 0.5) is 5.69 Å². The van der Waals surface area contributed by atoms with Crippen molar-refractivity contribution >= 4 is 17.4 Å². The second-order valence-electron chi connectivity index (χ2n) is 8.91. The van der Waals surface area contributed by atoms with E-state index in [1.165, 1.54) is 0 Å². The maximum Gasteiger partial charge on any atom is 0.219 e. The Morgan fingerprint density at radius 3 is 2.75 bits per heavy atom. The van der Waals surface area contributed by atoms with E-state index in [1.54, 1.807) is 16.5 Å². The van der Waals surface area contributed by atoms with Crippen LogP contribution >= 0.6 is 0 Å². The van der Waals surface area contributed by atoms with Crippen LogP contribution in [0.25, 0.3) is 11.1 Å². The van der Waals surface area contributed by atoms with E-state index >= 15 is 0 Å². The molecule has 2 aliphatic heterocycles. The predicted octanol–water partition coefficient (Wildman–Crippen LogP) is 2.69. The van der Waals surface area contributed by atoms with Gasteiger partial charge in [0, 0.05) is 62.1 Å². The van der Waals surface area contributed by atoms with Gasteiger partial charge in [-0.25, -0.2) is 0 Å². The Morgan fingerprint density at radius 1 is 1.31 bits per heavy atom. The van der Waals surface area contributed by atoms with Crippen molar-refractivity contribution in [2.45, 2.75) is 45.8 Å². The van der Waals surface area contributed by atoms with Gasteiger partial charge in [0.15, 0.2) is 0 Å². The van der Waals surface area contributed by atoms with Crippen molar-refractivity contribution in [3.63, 3.8) is 0 Å². The molecule has 0 saturated heterocycles. The molecule has 0 fully saturated rings. The van der Waals surface area contributed by atoms with Gasteiger partial charge in [-0.1, -0.05) is 6.07 Å². The summed E-state index contributed by atoms with van der Waals surface area (Å²) in [6.45, 7) is 7.17. The van der Waals surface area contributed by atoms with E-state index in [0.29, 0.717) is 37.6 Å². The van der Waals surface area contributed by atoms with Crippen molar-refractivity contribution in [1.29, 1.82) is 5.41 Å². The van der Waals surface area contributed by atoms with E-state index in [9.17, 15) is 4.79 Å². The second kappa shape index (κ2) is 8.78. The number of ether oxygens (including phenoxy) is 1. The Labute approximate surface area is 189 Å². The lowest BCUT2D eigenvalue weighted by molar-refractivity contribution is -0.128. The van der Waals surface area contributed by atoms with Crippen LogP contribution in [0.2, 0.25) is 0 Å². The highest BCUT2D eigenvalue weighted by molar-refractivity contribution is 6.09. The molecule has 170 valence electrons. The summed E-state index contributed by atoms with van der Waals surface area (Å²) in [5.41, 5.74) is 12.0. The molecule has 3 N–H and O–H groups in total. The summed E-state index contributed by atoms with van der Waals surface area (Å²) in [4.78, 5) is 15.7. The highest BCUT2D eigenvalue weighted by Crippen LogP contribution is 2.34. The van der Waals surface area contributed by atoms with Gasteiger partial charge >= 0.3 is 0 Å². The lowest BCUT2D eigenvalue weighted by Crippen LogP contribution is -2.48. The number of benzene rings is 1. The molecule has 0 bridgehead atoms. The number of aryl methyl sites for hydroxylation is 1. The van der Waals surface area contributed by atoms with Crippen LogP contribution in [-0.4, -0.2) is 58.3 Å². The first-order valence-corrected chi connectivity index (χ1v) is 11.1. The molecule has 32 heavy (non-hydrogen) atoms. The van der Waals surface area contributed by atoms with Gasteiger partial charge in [-0.05, 0) is 37.1 Å². The first-order chi connectivity index (χ1) is 15.2. The Morgan fingerprint density at radius 2 is 2.09 bits per heavy atom. The molecule has 8 heteroatoms. The molecule has 2 aliphatic rings. The summed E-state index contributed by atoms with van der Waals surface area (Å²) in [6.07, 6.45) is 5.27. The Bertz CT molecular complexity index is 1070. The number of anilines is 1. The molecule has 1 amide bonds. The number of aromatic nitrogens is 2. The number of nitrogens with zero attached hydrogens (tertiary/aromatic N) is 4. The topological polar surface area (TPSA) is 100 Å². The van der Waals surface area contributed by atoms with Crippen molar-refractivity contribution in [3.05, 3.63) is 47.4 Å². The first-order valence-electron chi connectivity index (χ1n) is 11.1. The van der Waals surface area contributed by atoms with E-state index in [1.807, 2.05) is 38.2 Å². The SMILES string of the molecule is CC(=O)N1CCC(N)=C(C(=N)N2CC(OC(C)C)Cc3cc(-c4cnn(C)c4)ccc32)C1. The third-order valence-corrected chi connectivity index (χ3v) is 6.10. The maximum atomic E-state index is 11.9. The van der Waals surface area contributed by atoms with Crippen LogP contribution in [0.3, 0.4) is 0 Å². The molecular formula is C24H32N6O2. The minimum Gasteiger partial charge on any atom is -0.402 e. The number of fused-ring (bicyclic) bond motifs is 1. The quantitative estimate of drug-likeness (QED) is 0.567. The summed E-state index contributed by atoms with van der Waals surface area (Å²) in [6, 6.07) is 6.31. The van der Waals surface area contributed by atoms with Crippen molar-refractivity contribution in [2.75, 3.05) is 24.5 Å². The average molecular weight is 437 g/mol. The Hall–Kier alpha value is -3.13. The van der Waals surface area contributed by atoms with Crippen LogP contribution in [0.1, 0.15) is 32.8 Å². The van der Waals surface area contributed by atoms with E-state index in [2.05, 4.69) is 23.3 Å². The van der Waals surface area contributed by atoms with Gasteiger partial charge in [0.2, 0.25) is 5.91 Å². The lowest BCUT2D eigenvalue weighted by Gasteiger charge is -2.39. The number of nitrogens with one attached hydrogen (secondary N) is 1. The summed E-state index contributed by atoms with van der Waals surface area (Å²) in [5, 5.41) is 13.3. The van der Waals surface area contributed by atoms with Crippen molar-refractivity contribution in [2.24, 2.45) is 12.8 Å². The zero-order valence-electron chi connectivity index (χ0n) is 19.3. The third kappa shape index (κ3) is 4.41. The smallest absolute Gasteiger partial charge is 0.219 e. The van der Waals surface area contributed by atoms with E-state index < -0.39 is 0 Å². The lowest BCUT2D eigenvalue weighted by atomic mass is 9.94. The van der Waals surface area contributed by atoms with E-state index in [0.717, 1.165) is 34.4 Å². The molecular weight excluding hydrogens is 404 g/mol. The normalized spacial score (nSPS) is 18.8. The summed E-state index contributed by atoms with van der Waals surface area (Å²) in [5.74, 6) is 0.352. The fraction of sp³-hybridized carbons (Fsp3) is 0.458. The zero-order chi connectivity index (χ0) is 23.0. The largest absolute Gasteiger partial charge is 0.402 e. The van der Waals surface area contributed by atoms with Gasteiger partial charge in [-0.2, -0.15) is 5.10 Å². The monoisotopic (exact) mass is 436 g/mol. The number of amides is 1. The first kappa shape index (κ1) is 22.1. The van der Waals surface area contributed by atoms with Gasteiger partial charge in [0.05, 0.1) is 31.5 Å². The molecule has 1 unspecified atom stereocenters. The second-order valence-corrected chi connectivity index (χ2v) is 8.91. The van der Waals surface area contributed by atoms with Crippen molar-refractivity contribution in [3.8, 4) is 11.1 Å². The Balaban J connectivity index is 1.70. The van der Waals surface area contributed by atoms with Gasteiger partial charge in [-0.3, -0.25) is 14.9 Å². The van der Waals surface area contributed by atoms with E-state index in [-0.39, 0.29) is 18.1 Å². The molecule has 4 rings (SSSR count). The minimum absolute atomic E-state index is 0.00368. The van der Waals surface area contributed by atoms with Crippen molar-refractivity contribution in [1.82, 2.24) is 14.7 Å². The van der Waals surface area contributed by atoms with E-state index in [4.69, 9.17) is 15.9 Å². The van der Waals surface area contributed by atoms with Gasteiger partial charge < -0.3 is 20.3 Å². The van der Waals surface area contributed by atoms with Gasteiger partial charge in [0.25, 0.3) is 0 Å². The number of nitrogens with two attached hydrogens (primary N) is 1. The van der Waals surface area contributed by atoms with Crippen molar-refractivity contribution < 1.29 is 9.53 Å². The summed E-state index contributed by atoms with van der Waals surface area (Å²) < 4.78 is 7.98. The number of amidine groups is 1. The van der Waals surface area contributed by atoms with Crippen LogP contribution < -0.4 is 10.6 Å². The highest BCUT2D eigenvalue weighted by atomic mass is 16.5. The molecule has 0 saturated carbocycles. The fourth-order valence-corrected chi connectivity index (χ4v) is 4.50. The number of carbonyl (C=O) groups is 1. The van der Waals surface area contributed by atoms with Crippen LogP contribution in [0.15, 0.2) is 41.9 Å². The predicted molar refractivity (Wildman–Crippen MR) is 126 cm³/mol. The van der Waals surface area contributed by atoms with Crippen LogP contribution in [-0.2, 0) is 23.0 Å². The number of rotatable bonds is 4. The molecule has 0 aliphatic carbocycles. The molecule has 0 spiro atoms. The molecule has 1 atom stereocenters. The van der Waals surface area contributed by atoms with Gasteiger partial charge in [-0.15, -0.1) is 0 Å². The minimum atomic E-state index is -0.0404. The molecule has 0 radical (unpaired) electrons. The van der Waals surface area contributed by atoms with Crippen LogP contribution in [0.5, 0.6) is 0 Å². The number of carbonyl (C=O) groups excluding carboxylic acids is 1. The number of hydrogen-bond donors (Lipinski definition) is 2. The average Bonchev–Trinajstić information content (AvgIpc) is 3.18. The molecule has 2 aromatic rings. The fourth-order valence-electron chi connectivity index (χ4n) is 4.50. The molecule has 1 aromatic carbocycles. The molecule has 1 aromatic heterocycles. The standard InChI is InChI=1S/C24H32N6O2/c1-15(2)32-20-10-18-9-17(19-11-27-28(4)12-19)5-6-23(18)30(13-20)24(26)21-14-29(16(3)31)8-7-22(21)25/h5-6,9,11-12,15,20,26H,7-8,10,13-14,25H2,1-4H3. The Kier molecular flexibility index (Phi) is 6.06. The van der Waals surface area contributed by atoms with Crippen LogP contribution in [0, 0.1) is 5.41 Å². The third-order valence-electron chi connectivity index (χ3n) is 6.10.